The number of carbonyl (C=O) groups is 1. The summed E-state index contributed by atoms with van der Waals surface area (Å²) in [4.78, 5) is 12.4. The molecule has 1 amide bonds. The zero-order valence-electron chi connectivity index (χ0n) is 29.4. The minimum atomic E-state index is -4.36. The molecule has 7 heteroatoms. The molecule has 0 bridgehead atoms. The van der Waals surface area contributed by atoms with Crippen LogP contribution in [0.1, 0.15) is 162 Å². The summed E-state index contributed by atoms with van der Waals surface area (Å²) in [6, 6.07) is -1.10. The third-order valence-electron chi connectivity index (χ3n) is 7.96. The molecule has 0 aliphatic heterocycles. The molecule has 0 aromatic heterocycles. The van der Waals surface area contributed by atoms with Gasteiger partial charge < -0.3 is 10.4 Å². The van der Waals surface area contributed by atoms with E-state index in [4.69, 9.17) is 0 Å². The maximum absolute atomic E-state index is 12.4. The van der Waals surface area contributed by atoms with Crippen molar-refractivity contribution in [3.8, 4) is 0 Å². The number of rotatable bonds is 32. The Morgan fingerprint density at radius 1 is 0.609 bits per heavy atom. The van der Waals surface area contributed by atoms with E-state index < -0.39 is 28.0 Å². The van der Waals surface area contributed by atoms with E-state index in [2.05, 4.69) is 55.6 Å². The molecule has 0 spiro atoms. The van der Waals surface area contributed by atoms with Crippen LogP contribution in [0, 0.1) is 0 Å². The summed E-state index contributed by atoms with van der Waals surface area (Å²) in [5.41, 5.74) is 0. The highest BCUT2D eigenvalue weighted by Gasteiger charge is 2.24. The van der Waals surface area contributed by atoms with E-state index in [1.54, 1.807) is 0 Å². The third-order valence-corrected chi connectivity index (χ3v) is 8.74. The highest BCUT2D eigenvalue weighted by atomic mass is 32.2. The molecular weight excluding hydrogens is 594 g/mol. The van der Waals surface area contributed by atoms with Gasteiger partial charge in [-0.1, -0.05) is 171 Å². The van der Waals surface area contributed by atoms with Gasteiger partial charge in [0.15, 0.2) is 0 Å². The number of allylic oxidation sites excluding steroid dienone is 9. The van der Waals surface area contributed by atoms with Gasteiger partial charge in [-0.05, 0) is 44.9 Å². The topological polar surface area (TPSA) is 104 Å². The summed E-state index contributed by atoms with van der Waals surface area (Å²) >= 11 is 0. The molecule has 0 aliphatic carbocycles. The van der Waals surface area contributed by atoms with Gasteiger partial charge in [0.25, 0.3) is 10.1 Å². The number of hydrogen-bond acceptors (Lipinski definition) is 4. The van der Waals surface area contributed by atoms with Gasteiger partial charge in [-0.15, -0.1) is 0 Å². The number of carbonyl (C=O) groups excluding carboxylic acids is 1. The number of hydrogen-bond donors (Lipinski definition) is 3. The van der Waals surface area contributed by atoms with E-state index in [0.717, 1.165) is 44.9 Å². The summed E-state index contributed by atoms with van der Waals surface area (Å²) in [7, 11) is -4.36. The molecule has 2 unspecified atom stereocenters. The van der Waals surface area contributed by atoms with E-state index in [9.17, 15) is 22.9 Å². The van der Waals surface area contributed by atoms with Crippen molar-refractivity contribution in [1.29, 1.82) is 0 Å². The monoisotopic (exact) mass is 663 g/mol. The fourth-order valence-electron chi connectivity index (χ4n) is 5.22. The minimum Gasteiger partial charge on any atom is -0.387 e. The third kappa shape index (κ3) is 33.4. The Labute approximate surface area is 283 Å². The average Bonchev–Trinajstić information content (AvgIpc) is 3.01. The van der Waals surface area contributed by atoms with E-state index in [1.165, 1.54) is 96.0 Å². The highest BCUT2D eigenvalue weighted by Crippen LogP contribution is 2.14. The van der Waals surface area contributed by atoms with E-state index in [0.29, 0.717) is 6.42 Å². The smallest absolute Gasteiger partial charge is 0.267 e. The first kappa shape index (κ1) is 44.0. The Bertz CT molecular complexity index is 951. The van der Waals surface area contributed by atoms with Crippen molar-refractivity contribution in [2.45, 2.75) is 174 Å². The molecule has 0 radical (unpaired) electrons. The Balaban J connectivity index is 4.07. The molecule has 0 aliphatic rings. The van der Waals surface area contributed by atoms with Crippen LogP contribution in [0.2, 0.25) is 0 Å². The normalized spacial score (nSPS) is 14.1. The van der Waals surface area contributed by atoms with Gasteiger partial charge in [0.1, 0.15) is 0 Å². The van der Waals surface area contributed by atoms with Crippen molar-refractivity contribution in [2.75, 3.05) is 5.75 Å². The van der Waals surface area contributed by atoms with Crippen molar-refractivity contribution in [2.24, 2.45) is 0 Å². The van der Waals surface area contributed by atoms with Crippen LogP contribution in [0.15, 0.2) is 60.8 Å². The molecule has 2 atom stereocenters. The molecule has 6 nitrogen and oxygen atoms in total. The van der Waals surface area contributed by atoms with Gasteiger partial charge in [0.05, 0.1) is 17.9 Å². The number of aliphatic hydroxyl groups is 1. The first-order valence-electron chi connectivity index (χ1n) is 18.5. The lowest BCUT2D eigenvalue weighted by atomic mass is 10.0. The zero-order chi connectivity index (χ0) is 34.0. The SMILES string of the molecule is CC/C=C\C/C=C\C/C=C\C/C=C\CCC(=O)NC(CS(=O)(=O)O)C(O)/C=C/CCCCCCCCCCCCCCCCCC. The van der Waals surface area contributed by atoms with E-state index in [1.807, 2.05) is 18.2 Å². The second-order valence-electron chi connectivity index (χ2n) is 12.5. The Hall–Kier alpha value is -1.96. The van der Waals surface area contributed by atoms with Gasteiger partial charge >= 0.3 is 0 Å². The maximum Gasteiger partial charge on any atom is 0.267 e. The van der Waals surface area contributed by atoms with E-state index >= 15 is 0 Å². The molecule has 0 fully saturated rings. The summed E-state index contributed by atoms with van der Waals surface area (Å²) in [6.07, 6.45) is 45.1. The summed E-state index contributed by atoms with van der Waals surface area (Å²) in [5, 5.41) is 13.1. The fourth-order valence-corrected chi connectivity index (χ4v) is 5.96. The lowest BCUT2D eigenvalue weighted by Crippen LogP contribution is -2.46. The average molecular weight is 664 g/mol. The largest absolute Gasteiger partial charge is 0.387 e. The van der Waals surface area contributed by atoms with Crippen LogP contribution < -0.4 is 5.32 Å². The van der Waals surface area contributed by atoms with Crippen LogP contribution in [0.25, 0.3) is 0 Å². The first-order chi connectivity index (χ1) is 22.3. The quantitative estimate of drug-likeness (QED) is 0.0377. The predicted molar refractivity (Wildman–Crippen MR) is 198 cm³/mol. The minimum absolute atomic E-state index is 0.172. The molecule has 46 heavy (non-hydrogen) atoms. The lowest BCUT2D eigenvalue weighted by Gasteiger charge is -2.20. The van der Waals surface area contributed by atoms with Crippen LogP contribution in [-0.4, -0.2) is 41.9 Å². The molecule has 0 heterocycles. The van der Waals surface area contributed by atoms with Gasteiger partial charge in [0.2, 0.25) is 5.91 Å². The standard InChI is InChI=1S/C39H69NO5S/c1-3-5-7-9-11-13-15-17-18-19-20-21-23-24-26-28-30-32-34-38(41)37(36-46(43,44)45)40-39(42)35-33-31-29-27-25-22-16-14-12-10-8-6-4-2/h6,8,12,14,22,25,29,31-32,34,37-38,41H,3-5,7,9-11,13,15-21,23-24,26-28,30,33,35-36H2,1-2H3,(H,40,42)(H,43,44,45)/b8-6-,14-12-,25-22-,31-29-,34-32+. The van der Waals surface area contributed by atoms with Gasteiger partial charge in [-0.2, -0.15) is 8.42 Å². The molecule has 266 valence electrons. The second kappa shape index (κ2) is 33.0. The molecule has 0 saturated carbocycles. The molecule has 0 aromatic rings. The molecule has 0 rings (SSSR count). The van der Waals surface area contributed by atoms with Crippen LogP contribution in [0.3, 0.4) is 0 Å². The maximum atomic E-state index is 12.4. The van der Waals surface area contributed by atoms with Gasteiger partial charge in [-0.25, -0.2) is 0 Å². The van der Waals surface area contributed by atoms with Crippen molar-refractivity contribution in [3.05, 3.63) is 60.8 Å². The second-order valence-corrected chi connectivity index (χ2v) is 14.0. The van der Waals surface area contributed by atoms with Crippen molar-refractivity contribution in [3.63, 3.8) is 0 Å². The number of nitrogens with one attached hydrogen (secondary N) is 1. The first-order valence-corrected chi connectivity index (χ1v) is 20.1. The lowest BCUT2D eigenvalue weighted by molar-refractivity contribution is -0.122. The molecule has 0 aromatic carbocycles. The Morgan fingerprint density at radius 2 is 1.04 bits per heavy atom. The van der Waals surface area contributed by atoms with Gasteiger partial charge in [0, 0.05) is 6.42 Å². The van der Waals surface area contributed by atoms with Crippen molar-refractivity contribution < 1.29 is 22.9 Å². The summed E-state index contributed by atoms with van der Waals surface area (Å²) in [5.74, 6) is -1.09. The van der Waals surface area contributed by atoms with Crippen molar-refractivity contribution >= 4 is 16.0 Å². The van der Waals surface area contributed by atoms with Gasteiger partial charge in [-0.3, -0.25) is 9.35 Å². The predicted octanol–water partition coefficient (Wildman–Crippen LogP) is 10.5. The number of amides is 1. The van der Waals surface area contributed by atoms with Crippen LogP contribution in [0.4, 0.5) is 0 Å². The Morgan fingerprint density at radius 3 is 1.50 bits per heavy atom. The fraction of sp³-hybridized carbons (Fsp3) is 0.718. The van der Waals surface area contributed by atoms with Crippen LogP contribution in [-0.2, 0) is 14.9 Å². The highest BCUT2D eigenvalue weighted by molar-refractivity contribution is 7.85. The van der Waals surface area contributed by atoms with Crippen LogP contribution in [0.5, 0.6) is 0 Å². The molecular formula is C39H69NO5S. The van der Waals surface area contributed by atoms with Crippen LogP contribution >= 0.6 is 0 Å². The zero-order valence-corrected chi connectivity index (χ0v) is 30.2. The summed E-state index contributed by atoms with van der Waals surface area (Å²) < 4.78 is 32.3. The number of aliphatic hydroxyl groups excluding tert-OH is 1. The molecule has 0 saturated heterocycles. The van der Waals surface area contributed by atoms with E-state index in [-0.39, 0.29) is 12.3 Å². The Kier molecular flexibility index (Phi) is 31.6. The van der Waals surface area contributed by atoms with Crippen molar-refractivity contribution in [1.82, 2.24) is 5.32 Å². The molecule has 3 N–H and O–H groups in total. The number of unbranched alkanes of at least 4 members (excludes halogenated alkanes) is 16. The summed E-state index contributed by atoms with van der Waals surface area (Å²) in [6.45, 7) is 4.39.